The van der Waals surface area contributed by atoms with Gasteiger partial charge in [-0.15, -0.1) is 0 Å². The highest BCUT2D eigenvalue weighted by atomic mass is 16.2. The minimum atomic E-state index is -0.289. The van der Waals surface area contributed by atoms with Crippen LogP contribution in [0.4, 0.5) is 5.69 Å². The Morgan fingerprint density at radius 1 is 1.11 bits per heavy atom. The number of fused-ring (bicyclic) bond motifs is 1. The van der Waals surface area contributed by atoms with Gasteiger partial charge >= 0.3 is 0 Å². The Balaban J connectivity index is 1.33. The number of carbonyl (C=O) groups excluding carboxylic acids is 2. The van der Waals surface area contributed by atoms with Crippen LogP contribution in [0, 0.1) is 5.92 Å². The average molecular weight is 375 g/mol. The second-order valence-corrected chi connectivity index (χ2v) is 7.57. The zero-order valence-corrected chi connectivity index (χ0v) is 15.4. The zero-order chi connectivity index (χ0) is 19.1. The number of hydrogen-bond donors (Lipinski definition) is 1. The van der Waals surface area contributed by atoms with E-state index in [9.17, 15) is 9.59 Å². The highest BCUT2D eigenvalue weighted by Crippen LogP contribution is 2.33. The molecule has 2 amide bonds. The van der Waals surface area contributed by atoms with Crippen LogP contribution in [0.15, 0.2) is 48.7 Å². The molecule has 2 unspecified atom stereocenters. The van der Waals surface area contributed by atoms with Crippen LogP contribution in [0.1, 0.15) is 24.5 Å². The normalized spacial score (nSPS) is 22.4. The SMILES string of the molecule is O=C(C1CC(=O)N(c2cccc3ccccc23)C1)N1CCC(c2cn[nH]n2)C1. The molecule has 2 saturated heterocycles. The highest BCUT2D eigenvalue weighted by Gasteiger charge is 2.39. The number of nitrogens with one attached hydrogen (secondary N) is 1. The van der Waals surface area contributed by atoms with Gasteiger partial charge in [0.1, 0.15) is 0 Å². The van der Waals surface area contributed by atoms with Crippen LogP contribution < -0.4 is 4.90 Å². The van der Waals surface area contributed by atoms with Crippen molar-refractivity contribution in [3.8, 4) is 0 Å². The number of hydrogen-bond acceptors (Lipinski definition) is 4. The van der Waals surface area contributed by atoms with Gasteiger partial charge in [-0.2, -0.15) is 15.4 Å². The third kappa shape index (κ3) is 2.83. The van der Waals surface area contributed by atoms with Gasteiger partial charge in [0.2, 0.25) is 11.8 Å². The van der Waals surface area contributed by atoms with Crippen LogP contribution in [-0.2, 0) is 9.59 Å². The van der Waals surface area contributed by atoms with Crippen LogP contribution in [0.5, 0.6) is 0 Å². The Morgan fingerprint density at radius 3 is 2.82 bits per heavy atom. The molecule has 0 bridgehead atoms. The number of anilines is 1. The number of aromatic nitrogens is 3. The second kappa shape index (κ2) is 6.74. The number of likely N-dealkylation sites (tertiary alicyclic amines) is 1. The fourth-order valence-corrected chi connectivity index (χ4v) is 4.42. The molecule has 2 fully saturated rings. The van der Waals surface area contributed by atoms with E-state index in [1.807, 2.05) is 47.4 Å². The molecule has 142 valence electrons. The Morgan fingerprint density at radius 2 is 1.96 bits per heavy atom. The number of benzene rings is 2. The zero-order valence-electron chi connectivity index (χ0n) is 15.4. The molecule has 0 spiro atoms. The lowest BCUT2D eigenvalue weighted by atomic mass is 10.1. The van der Waals surface area contributed by atoms with Crippen molar-refractivity contribution in [2.45, 2.75) is 18.8 Å². The predicted octanol–water partition coefficient (Wildman–Crippen LogP) is 2.33. The fourth-order valence-electron chi connectivity index (χ4n) is 4.42. The number of rotatable bonds is 3. The van der Waals surface area contributed by atoms with Gasteiger partial charge < -0.3 is 9.80 Å². The van der Waals surface area contributed by atoms with Crippen molar-refractivity contribution in [2.75, 3.05) is 24.5 Å². The van der Waals surface area contributed by atoms with Crippen LogP contribution in [0.2, 0.25) is 0 Å². The summed E-state index contributed by atoms with van der Waals surface area (Å²) in [6, 6.07) is 14.0. The largest absolute Gasteiger partial charge is 0.342 e. The number of amides is 2. The van der Waals surface area contributed by atoms with Crippen LogP contribution in [0.3, 0.4) is 0 Å². The van der Waals surface area contributed by atoms with Crippen molar-refractivity contribution in [1.82, 2.24) is 20.3 Å². The standard InChI is InChI=1S/C21H21N5O2/c27-20-10-16(21(28)25-9-8-15(12-25)18-11-22-24-23-18)13-26(20)19-7-3-5-14-4-1-2-6-17(14)19/h1-7,11,15-16H,8-10,12-13H2,(H,22,23,24). The molecule has 7 nitrogen and oxygen atoms in total. The summed E-state index contributed by atoms with van der Waals surface area (Å²) in [4.78, 5) is 29.4. The third-order valence-electron chi connectivity index (χ3n) is 5.88. The molecular formula is C21H21N5O2. The summed E-state index contributed by atoms with van der Waals surface area (Å²) in [5, 5.41) is 12.8. The van der Waals surface area contributed by atoms with E-state index in [1.165, 1.54) is 0 Å². The van der Waals surface area contributed by atoms with Crippen molar-refractivity contribution in [3.63, 3.8) is 0 Å². The molecule has 1 N–H and O–H groups in total. The lowest BCUT2D eigenvalue weighted by molar-refractivity contribution is -0.134. The lowest BCUT2D eigenvalue weighted by Crippen LogP contribution is -2.36. The number of H-pyrrole nitrogens is 1. The molecule has 2 aromatic carbocycles. The van der Waals surface area contributed by atoms with Crippen molar-refractivity contribution < 1.29 is 9.59 Å². The predicted molar refractivity (Wildman–Crippen MR) is 105 cm³/mol. The molecule has 2 aliphatic rings. The summed E-state index contributed by atoms with van der Waals surface area (Å²) in [7, 11) is 0. The van der Waals surface area contributed by atoms with Crippen molar-refractivity contribution in [1.29, 1.82) is 0 Å². The topological polar surface area (TPSA) is 82.2 Å². The Labute approximate surface area is 162 Å². The third-order valence-corrected chi connectivity index (χ3v) is 5.88. The maximum atomic E-state index is 13.1. The monoisotopic (exact) mass is 375 g/mol. The molecule has 28 heavy (non-hydrogen) atoms. The second-order valence-electron chi connectivity index (χ2n) is 7.57. The number of carbonyl (C=O) groups is 2. The number of nitrogens with zero attached hydrogens (tertiary/aromatic N) is 4. The van der Waals surface area contributed by atoms with E-state index < -0.39 is 0 Å². The summed E-state index contributed by atoms with van der Waals surface area (Å²) in [5.74, 6) is 0.0144. The van der Waals surface area contributed by atoms with Crippen molar-refractivity contribution >= 4 is 28.3 Å². The highest BCUT2D eigenvalue weighted by molar-refractivity contribution is 6.07. The van der Waals surface area contributed by atoms with Crippen molar-refractivity contribution in [3.05, 3.63) is 54.4 Å². The maximum Gasteiger partial charge on any atom is 0.228 e. The first kappa shape index (κ1) is 16.9. The average Bonchev–Trinajstić information content (AvgIpc) is 3.47. The minimum Gasteiger partial charge on any atom is -0.342 e. The number of aromatic amines is 1. The molecule has 0 radical (unpaired) electrons. The van der Waals surface area contributed by atoms with E-state index in [1.54, 1.807) is 11.1 Å². The first-order valence-corrected chi connectivity index (χ1v) is 9.63. The van der Waals surface area contributed by atoms with E-state index in [-0.39, 0.29) is 30.1 Å². The Bertz CT molecular complexity index is 1030. The van der Waals surface area contributed by atoms with Crippen LogP contribution in [-0.4, -0.2) is 51.8 Å². The maximum absolute atomic E-state index is 13.1. The smallest absolute Gasteiger partial charge is 0.228 e. The van der Waals surface area contributed by atoms with Crippen LogP contribution >= 0.6 is 0 Å². The van der Waals surface area contributed by atoms with Gasteiger partial charge in [-0.1, -0.05) is 36.4 Å². The summed E-state index contributed by atoms with van der Waals surface area (Å²) < 4.78 is 0. The summed E-state index contributed by atoms with van der Waals surface area (Å²) in [5.41, 5.74) is 1.79. The molecule has 2 atom stereocenters. The van der Waals surface area contributed by atoms with Gasteiger partial charge in [0.05, 0.1) is 23.5 Å². The molecular weight excluding hydrogens is 354 g/mol. The quantitative estimate of drug-likeness (QED) is 0.762. The van der Waals surface area contributed by atoms with Gasteiger partial charge in [-0.05, 0) is 17.9 Å². The summed E-state index contributed by atoms with van der Waals surface area (Å²) in [6.45, 7) is 1.79. The van der Waals surface area contributed by atoms with E-state index in [0.717, 1.165) is 28.6 Å². The Kier molecular flexibility index (Phi) is 4.07. The van der Waals surface area contributed by atoms with Gasteiger partial charge in [0.15, 0.2) is 0 Å². The van der Waals surface area contributed by atoms with Gasteiger partial charge in [-0.3, -0.25) is 9.59 Å². The summed E-state index contributed by atoms with van der Waals surface area (Å²) in [6.07, 6.45) is 2.87. The molecule has 3 aromatic rings. The van der Waals surface area contributed by atoms with Crippen molar-refractivity contribution in [2.24, 2.45) is 5.92 Å². The van der Waals surface area contributed by atoms with Gasteiger partial charge in [-0.25, -0.2) is 0 Å². The van der Waals surface area contributed by atoms with E-state index in [2.05, 4.69) is 15.4 Å². The lowest BCUT2D eigenvalue weighted by Gasteiger charge is -2.22. The van der Waals surface area contributed by atoms with Gasteiger partial charge in [0.25, 0.3) is 0 Å². The van der Waals surface area contributed by atoms with E-state index >= 15 is 0 Å². The van der Waals surface area contributed by atoms with Gasteiger partial charge in [0, 0.05) is 37.4 Å². The molecule has 5 rings (SSSR count). The minimum absolute atomic E-state index is 0.0157. The first-order valence-electron chi connectivity index (χ1n) is 9.63. The molecule has 0 aliphatic carbocycles. The van der Waals surface area contributed by atoms with E-state index in [4.69, 9.17) is 0 Å². The molecule has 2 aliphatic heterocycles. The molecule has 7 heteroatoms. The first-order chi connectivity index (χ1) is 13.7. The molecule has 3 heterocycles. The summed E-state index contributed by atoms with van der Waals surface area (Å²) >= 11 is 0. The molecule has 0 saturated carbocycles. The molecule has 1 aromatic heterocycles. The Hall–Kier alpha value is -3.22. The van der Waals surface area contributed by atoms with E-state index in [0.29, 0.717) is 19.6 Å². The van der Waals surface area contributed by atoms with Crippen LogP contribution in [0.25, 0.3) is 10.8 Å². The fraction of sp³-hybridized carbons (Fsp3) is 0.333.